The Labute approximate surface area is 179 Å². The lowest BCUT2D eigenvalue weighted by Gasteiger charge is -2.21. The molecule has 11 heteroatoms. The monoisotopic (exact) mass is 440 g/mol. The van der Waals surface area contributed by atoms with E-state index in [1.165, 1.54) is 18.7 Å². The molecule has 0 fully saturated rings. The second-order valence-corrected chi connectivity index (χ2v) is 7.09. The van der Waals surface area contributed by atoms with E-state index < -0.39 is 18.0 Å². The van der Waals surface area contributed by atoms with Crippen molar-refractivity contribution in [2.45, 2.75) is 25.9 Å². The number of carboxylic acids is 1. The summed E-state index contributed by atoms with van der Waals surface area (Å²) in [5.41, 5.74) is 0.583. The van der Waals surface area contributed by atoms with Crippen molar-refractivity contribution in [2.75, 3.05) is 37.0 Å². The van der Waals surface area contributed by atoms with Crippen LogP contribution < -0.4 is 26.0 Å². The predicted molar refractivity (Wildman–Crippen MR) is 114 cm³/mol. The van der Waals surface area contributed by atoms with Crippen LogP contribution in [0.1, 0.15) is 19.8 Å². The minimum Gasteiger partial charge on any atom is -0.494 e. The normalized spacial score (nSPS) is 11.1. The average Bonchev–Trinajstić information content (AvgIpc) is 2.69. The van der Waals surface area contributed by atoms with Gasteiger partial charge in [0.1, 0.15) is 5.75 Å². The second kappa shape index (κ2) is 14.1. The number of hydrogen-bond acceptors (Lipinski definition) is 7. The van der Waals surface area contributed by atoms with Gasteiger partial charge in [-0.05, 0) is 36.9 Å². The van der Waals surface area contributed by atoms with E-state index in [0.717, 1.165) is 0 Å². The number of hydrogen-bond donors (Lipinski definition) is 5. The van der Waals surface area contributed by atoms with E-state index in [2.05, 4.69) is 21.3 Å². The van der Waals surface area contributed by atoms with Gasteiger partial charge < -0.3 is 31.1 Å². The Kier molecular flexibility index (Phi) is 11.8. The maximum absolute atomic E-state index is 12.4. The summed E-state index contributed by atoms with van der Waals surface area (Å²) in [4.78, 5) is 45.8. The number of amides is 3. The quantitative estimate of drug-likeness (QED) is 0.206. The minimum atomic E-state index is -0.996. The van der Waals surface area contributed by atoms with Crippen molar-refractivity contribution in [3.63, 3.8) is 0 Å². The number of aliphatic carboxylic acids is 1. The van der Waals surface area contributed by atoms with Crippen molar-refractivity contribution in [3.8, 4) is 5.75 Å². The molecule has 1 unspecified atom stereocenters. The Morgan fingerprint density at radius 3 is 2.37 bits per heavy atom. The molecular formula is C19H28N4O6S. The van der Waals surface area contributed by atoms with Crippen molar-refractivity contribution in [2.24, 2.45) is 0 Å². The van der Waals surface area contributed by atoms with Crippen LogP contribution in [0.5, 0.6) is 5.75 Å². The van der Waals surface area contributed by atoms with Crippen LogP contribution in [0.3, 0.4) is 0 Å². The largest absolute Gasteiger partial charge is 0.494 e. The first-order valence-electron chi connectivity index (χ1n) is 9.33. The van der Waals surface area contributed by atoms with Crippen molar-refractivity contribution >= 4 is 41.1 Å². The highest BCUT2D eigenvalue weighted by atomic mass is 32.2. The molecular weight excluding hydrogens is 412 g/mol. The first-order valence-corrected chi connectivity index (χ1v) is 10.7. The van der Waals surface area contributed by atoms with Crippen LogP contribution in [0.2, 0.25) is 0 Å². The molecule has 0 aromatic heterocycles. The second-order valence-electron chi connectivity index (χ2n) is 6.22. The molecule has 5 N–H and O–H groups in total. The molecule has 0 aliphatic heterocycles. The summed E-state index contributed by atoms with van der Waals surface area (Å²) in [6, 6.07) is 6.73. The number of benzene rings is 1. The van der Waals surface area contributed by atoms with Gasteiger partial charge in [-0.25, -0.2) is 0 Å². The van der Waals surface area contributed by atoms with Gasteiger partial charge in [-0.3, -0.25) is 19.2 Å². The van der Waals surface area contributed by atoms with Gasteiger partial charge >= 0.3 is 5.97 Å². The Morgan fingerprint density at radius 1 is 1.10 bits per heavy atom. The smallest absolute Gasteiger partial charge is 0.303 e. The summed E-state index contributed by atoms with van der Waals surface area (Å²) < 4.78 is 5.47. The molecule has 0 bridgehead atoms. The zero-order valence-electron chi connectivity index (χ0n) is 17.0. The summed E-state index contributed by atoms with van der Waals surface area (Å²) in [5, 5.41) is 19.4. The lowest BCUT2D eigenvalue weighted by atomic mass is 10.2. The maximum atomic E-state index is 12.4. The zero-order valence-corrected chi connectivity index (χ0v) is 17.8. The van der Waals surface area contributed by atoms with Crippen molar-refractivity contribution < 1.29 is 29.0 Å². The van der Waals surface area contributed by atoms with Crippen LogP contribution >= 0.6 is 11.8 Å². The summed E-state index contributed by atoms with van der Waals surface area (Å²) in [7, 11) is 0. The summed E-state index contributed by atoms with van der Waals surface area (Å²) >= 11 is 1.34. The maximum Gasteiger partial charge on any atom is 0.303 e. The molecule has 0 aliphatic carbocycles. The Bertz CT molecular complexity index is 713. The Balaban J connectivity index is 2.63. The molecule has 0 spiro atoms. The number of nitrogens with one attached hydrogen (secondary N) is 4. The van der Waals surface area contributed by atoms with Crippen LogP contribution in [-0.2, 0) is 19.2 Å². The molecule has 166 valence electrons. The number of thioether (sulfide) groups is 1. The highest BCUT2D eigenvalue weighted by molar-refractivity contribution is 7.99. The molecule has 1 rings (SSSR count). The third-order valence-corrected chi connectivity index (χ3v) is 4.16. The molecule has 10 nitrogen and oxygen atoms in total. The standard InChI is InChI=1S/C19H28N4O6S/c1-13(24)20-9-10-21-19(28)18(23-16(25)12-30-2)22-14-5-7-15(8-6-14)29-11-3-4-17(26)27/h5-8,18,22H,3-4,9-12H2,1-2H3,(H,20,24)(H,21,28)(H,23,25)(H,26,27). The SMILES string of the molecule is CSCC(=O)NC(Nc1ccc(OCCCC(=O)O)cc1)C(=O)NCCNC(C)=O. The third-order valence-electron chi connectivity index (χ3n) is 3.61. The minimum absolute atomic E-state index is 0.0358. The van der Waals surface area contributed by atoms with Gasteiger partial charge in [0.15, 0.2) is 6.17 Å². The lowest BCUT2D eigenvalue weighted by Crippen LogP contribution is -2.52. The molecule has 0 radical (unpaired) electrons. The molecule has 0 heterocycles. The number of carbonyl (C=O) groups excluding carboxylic acids is 3. The zero-order chi connectivity index (χ0) is 22.4. The fourth-order valence-electron chi connectivity index (χ4n) is 2.25. The van der Waals surface area contributed by atoms with E-state index in [9.17, 15) is 19.2 Å². The van der Waals surface area contributed by atoms with Gasteiger partial charge in [-0.1, -0.05) is 0 Å². The fourth-order valence-corrected chi connectivity index (χ4v) is 2.60. The predicted octanol–water partition coefficient (Wildman–Crippen LogP) is 0.400. The van der Waals surface area contributed by atoms with E-state index in [-0.39, 0.29) is 43.7 Å². The molecule has 0 saturated carbocycles. The average molecular weight is 441 g/mol. The van der Waals surface area contributed by atoms with Gasteiger partial charge in [-0.2, -0.15) is 11.8 Å². The summed E-state index contributed by atoms with van der Waals surface area (Å²) in [6.45, 7) is 2.16. The van der Waals surface area contributed by atoms with E-state index in [1.807, 2.05) is 0 Å². The summed E-state index contributed by atoms with van der Waals surface area (Å²) in [6.07, 6.45) is 1.22. The number of anilines is 1. The van der Waals surface area contributed by atoms with Crippen molar-refractivity contribution in [1.82, 2.24) is 16.0 Å². The van der Waals surface area contributed by atoms with Crippen LogP contribution in [0.15, 0.2) is 24.3 Å². The summed E-state index contributed by atoms with van der Waals surface area (Å²) in [5.74, 6) is -1.03. The molecule has 0 saturated heterocycles. The van der Waals surface area contributed by atoms with Gasteiger partial charge in [0.2, 0.25) is 11.8 Å². The van der Waals surface area contributed by atoms with Gasteiger partial charge in [-0.15, -0.1) is 0 Å². The highest BCUT2D eigenvalue weighted by Crippen LogP contribution is 2.16. The fraction of sp³-hybridized carbons (Fsp3) is 0.474. The van der Waals surface area contributed by atoms with Crippen molar-refractivity contribution in [3.05, 3.63) is 24.3 Å². The number of rotatable bonds is 14. The third kappa shape index (κ3) is 11.1. The van der Waals surface area contributed by atoms with E-state index in [1.54, 1.807) is 30.5 Å². The lowest BCUT2D eigenvalue weighted by molar-refractivity contribution is -0.137. The molecule has 1 aromatic rings. The molecule has 3 amide bonds. The number of carbonyl (C=O) groups is 4. The van der Waals surface area contributed by atoms with Gasteiger partial charge in [0.25, 0.3) is 5.91 Å². The highest BCUT2D eigenvalue weighted by Gasteiger charge is 2.20. The van der Waals surface area contributed by atoms with Crippen molar-refractivity contribution in [1.29, 1.82) is 0 Å². The van der Waals surface area contributed by atoms with Crippen LogP contribution in [0.25, 0.3) is 0 Å². The first kappa shape index (κ1) is 25.1. The topological polar surface area (TPSA) is 146 Å². The molecule has 0 aliphatic rings. The van der Waals surface area contributed by atoms with E-state index in [4.69, 9.17) is 9.84 Å². The van der Waals surface area contributed by atoms with E-state index >= 15 is 0 Å². The van der Waals surface area contributed by atoms with Gasteiger partial charge in [0, 0.05) is 32.1 Å². The number of carboxylic acid groups (broad SMARTS) is 1. The van der Waals surface area contributed by atoms with Crippen LogP contribution in [-0.4, -0.2) is 66.7 Å². The van der Waals surface area contributed by atoms with Crippen LogP contribution in [0.4, 0.5) is 5.69 Å². The van der Waals surface area contributed by atoms with Crippen LogP contribution in [0, 0.1) is 0 Å². The first-order chi connectivity index (χ1) is 14.3. The number of ether oxygens (including phenoxy) is 1. The Morgan fingerprint density at radius 2 is 1.77 bits per heavy atom. The Hall–Kier alpha value is -2.95. The molecule has 30 heavy (non-hydrogen) atoms. The van der Waals surface area contributed by atoms with E-state index in [0.29, 0.717) is 17.9 Å². The van der Waals surface area contributed by atoms with Gasteiger partial charge in [0.05, 0.1) is 12.4 Å². The molecule has 1 atom stereocenters. The molecule has 1 aromatic carbocycles.